The van der Waals surface area contributed by atoms with Crippen LogP contribution in [-0.4, -0.2) is 37.1 Å². The second kappa shape index (κ2) is 9.16. The van der Waals surface area contributed by atoms with Gasteiger partial charge < -0.3 is 14.6 Å². The predicted octanol–water partition coefficient (Wildman–Crippen LogP) is -2.54. The minimum Gasteiger partial charge on any atom is -0.748 e. The monoisotopic (exact) mass is 323 g/mol. The molecule has 0 heterocycles. The van der Waals surface area contributed by atoms with Crippen LogP contribution >= 0.6 is 0 Å². The standard InChI is InChI=1S/C12H15NO6S.Na/c1-9(14)8-10-2-4-11(5-3-10)19-12(15)13-6-7-20(16,17)18;/h2-5H,6-8H2,1H3,(H,13,15)(H,16,17,18);/q;+1/p-1. The number of ketones is 1. The Bertz CT molecular complexity index is 584. The van der Waals surface area contributed by atoms with Crippen LogP contribution in [0.3, 0.4) is 0 Å². The van der Waals surface area contributed by atoms with Crippen molar-refractivity contribution >= 4 is 22.0 Å². The maximum atomic E-state index is 11.3. The molecule has 1 N–H and O–H groups in total. The molecule has 0 radical (unpaired) electrons. The van der Waals surface area contributed by atoms with Crippen molar-refractivity contribution in [1.29, 1.82) is 0 Å². The van der Waals surface area contributed by atoms with Crippen molar-refractivity contribution in [3.05, 3.63) is 29.8 Å². The van der Waals surface area contributed by atoms with Crippen molar-refractivity contribution in [2.45, 2.75) is 13.3 Å². The molecule has 0 fully saturated rings. The van der Waals surface area contributed by atoms with E-state index in [-0.39, 0.29) is 47.6 Å². The molecule has 0 saturated heterocycles. The van der Waals surface area contributed by atoms with Crippen LogP contribution in [0.1, 0.15) is 12.5 Å². The summed E-state index contributed by atoms with van der Waals surface area (Å²) in [5.41, 5.74) is 0.794. The molecule has 0 aliphatic rings. The molecule has 1 amide bonds. The van der Waals surface area contributed by atoms with E-state index in [4.69, 9.17) is 4.74 Å². The van der Waals surface area contributed by atoms with Gasteiger partial charge in [-0.3, -0.25) is 4.79 Å². The van der Waals surface area contributed by atoms with Crippen molar-refractivity contribution < 1.29 is 56.9 Å². The summed E-state index contributed by atoms with van der Waals surface area (Å²) >= 11 is 0. The van der Waals surface area contributed by atoms with Gasteiger partial charge in [-0.2, -0.15) is 0 Å². The molecule has 1 aromatic carbocycles. The van der Waals surface area contributed by atoms with Crippen LogP contribution < -0.4 is 39.6 Å². The van der Waals surface area contributed by atoms with Gasteiger partial charge in [-0.1, -0.05) is 12.1 Å². The molecule has 7 nitrogen and oxygen atoms in total. The molecule has 0 aromatic heterocycles. The maximum Gasteiger partial charge on any atom is 1.00 e. The molecule has 110 valence electrons. The molecular weight excluding hydrogens is 309 g/mol. The van der Waals surface area contributed by atoms with Crippen LogP contribution in [0.5, 0.6) is 5.75 Å². The molecule has 1 rings (SSSR count). The summed E-state index contributed by atoms with van der Waals surface area (Å²) in [5, 5.41) is 2.14. The molecule has 0 spiro atoms. The van der Waals surface area contributed by atoms with Gasteiger partial charge in [0, 0.05) is 13.0 Å². The average Bonchev–Trinajstić information content (AvgIpc) is 2.29. The first-order valence-electron chi connectivity index (χ1n) is 5.74. The Labute approximate surface area is 145 Å². The molecule has 0 aliphatic carbocycles. The number of amides is 1. The summed E-state index contributed by atoms with van der Waals surface area (Å²) in [6.07, 6.45) is -0.554. The number of ether oxygens (including phenoxy) is 1. The van der Waals surface area contributed by atoms with Crippen LogP contribution in [0.25, 0.3) is 0 Å². The van der Waals surface area contributed by atoms with Gasteiger partial charge in [0.25, 0.3) is 0 Å². The Morgan fingerprint density at radius 2 is 1.81 bits per heavy atom. The van der Waals surface area contributed by atoms with E-state index in [1.54, 1.807) is 12.1 Å². The van der Waals surface area contributed by atoms with Crippen LogP contribution in [0.4, 0.5) is 4.79 Å². The van der Waals surface area contributed by atoms with E-state index in [0.29, 0.717) is 6.42 Å². The van der Waals surface area contributed by atoms with Gasteiger partial charge in [0.15, 0.2) is 0 Å². The quantitative estimate of drug-likeness (QED) is 0.456. The fourth-order valence-corrected chi connectivity index (χ4v) is 1.74. The number of rotatable bonds is 6. The van der Waals surface area contributed by atoms with E-state index >= 15 is 0 Å². The van der Waals surface area contributed by atoms with Crippen molar-refractivity contribution in [1.82, 2.24) is 5.32 Å². The Morgan fingerprint density at radius 1 is 1.24 bits per heavy atom. The van der Waals surface area contributed by atoms with Crippen LogP contribution in [-0.2, 0) is 21.3 Å². The smallest absolute Gasteiger partial charge is 0.748 e. The van der Waals surface area contributed by atoms with Crippen LogP contribution in [0.2, 0.25) is 0 Å². The number of carbonyl (C=O) groups excluding carboxylic acids is 2. The van der Waals surface area contributed by atoms with Crippen molar-refractivity contribution in [2.75, 3.05) is 12.3 Å². The van der Waals surface area contributed by atoms with Crippen molar-refractivity contribution in [3.63, 3.8) is 0 Å². The third kappa shape index (κ3) is 9.59. The summed E-state index contributed by atoms with van der Waals surface area (Å²) in [5.74, 6) is -0.422. The van der Waals surface area contributed by atoms with E-state index in [2.05, 4.69) is 5.32 Å². The molecule has 1 aromatic rings. The Morgan fingerprint density at radius 3 is 2.29 bits per heavy atom. The number of benzene rings is 1. The number of nitrogens with one attached hydrogen (secondary N) is 1. The molecule has 0 aliphatic heterocycles. The first-order valence-corrected chi connectivity index (χ1v) is 7.31. The fraction of sp³-hybridized carbons (Fsp3) is 0.333. The number of hydrogen-bond donors (Lipinski definition) is 1. The van der Waals surface area contributed by atoms with Crippen LogP contribution in [0, 0.1) is 0 Å². The normalized spacial score (nSPS) is 10.4. The summed E-state index contributed by atoms with van der Waals surface area (Å²) in [6, 6.07) is 6.32. The average molecular weight is 323 g/mol. The number of Topliss-reactive ketones (excluding diaryl/α,β-unsaturated/α-hetero) is 1. The summed E-state index contributed by atoms with van der Waals surface area (Å²) in [7, 11) is -4.36. The Kier molecular flexibility index (Phi) is 8.76. The molecular formula is C12H14NNaO6S. The van der Waals surface area contributed by atoms with E-state index < -0.39 is 22.0 Å². The number of carbonyl (C=O) groups is 2. The van der Waals surface area contributed by atoms with E-state index in [9.17, 15) is 22.6 Å². The zero-order chi connectivity index (χ0) is 15.2. The first-order chi connectivity index (χ1) is 9.26. The maximum absolute atomic E-state index is 11.3. The zero-order valence-electron chi connectivity index (χ0n) is 11.8. The van der Waals surface area contributed by atoms with Gasteiger partial charge in [0.05, 0.1) is 15.9 Å². The second-order valence-corrected chi connectivity index (χ2v) is 5.62. The largest absolute Gasteiger partial charge is 1.00 e. The van der Waals surface area contributed by atoms with Crippen LogP contribution in [0.15, 0.2) is 24.3 Å². The predicted molar refractivity (Wildman–Crippen MR) is 69.4 cm³/mol. The van der Waals surface area contributed by atoms with Crippen molar-refractivity contribution in [3.8, 4) is 5.75 Å². The van der Waals surface area contributed by atoms with Gasteiger partial charge in [0.1, 0.15) is 11.5 Å². The van der Waals surface area contributed by atoms with Gasteiger partial charge in [-0.25, -0.2) is 13.2 Å². The first kappa shape index (κ1) is 20.1. The molecule has 0 unspecified atom stereocenters. The summed E-state index contributed by atoms with van der Waals surface area (Å²) in [4.78, 5) is 22.2. The fourth-order valence-electron chi connectivity index (χ4n) is 1.38. The molecule has 0 saturated carbocycles. The van der Waals surface area contributed by atoms with E-state index in [0.717, 1.165) is 5.56 Å². The number of hydrogen-bond acceptors (Lipinski definition) is 6. The van der Waals surface area contributed by atoms with Gasteiger partial charge in [-0.15, -0.1) is 0 Å². The summed E-state index contributed by atoms with van der Waals surface area (Å²) in [6.45, 7) is 1.16. The van der Waals surface area contributed by atoms with E-state index in [1.165, 1.54) is 19.1 Å². The third-order valence-corrected chi connectivity index (χ3v) is 2.91. The molecule has 0 atom stereocenters. The summed E-state index contributed by atoms with van der Waals surface area (Å²) < 4.78 is 35.8. The van der Waals surface area contributed by atoms with Gasteiger partial charge in [-0.05, 0) is 24.6 Å². The minimum absolute atomic E-state index is 0. The Balaban J connectivity index is 0.00000400. The molecule has 0 bridgehead atoms. The Hall–Kier alpha value is -0.930. The zero-order valence-corrected chi connectivity index (χ0v) is 14.6. The van der Waals surface area contributed by atoms with E-state index in [1.807, 2.05) is 0 Å². The van der Waals surface area contributed by atoms with Crippen molar-refractivity contribution in [2.24, 2.45) is 0 Å². The van der Waals surface area contributed by atoms with Gasteiger partial charge >= 0.3 is 35.7 Å². The van der Waals surface area contributed by atoms with Gasteiger partial charge in [0.2, 0.25) is 0 Å². The SMILES string of the molecule is CC(=O)Cc1ccc(OC(=O)NCCS(=O)(=O)[O-])cc1.[Na+]. The topological polar surface area (TPSA) is 113 Å². The third-order valence-electron chi connectivity index (χ3n) is 2.21. The molecule has 21 heavy (non-hydrogen) atoms. The molecule has 9 heteroatoms. The second-order valence-electron chi connectivity index (χ2n) is 4.10. The minimum atomic E-state index is -4.36.